The van der Waals surface area contributed by atoms with Gasteiger partial charge in [0.15, 0.2) is 0 Å². The second-order valence-corrected chi connectivity index (χ2v) is 6.86. The smallest absolute Gasteiger partial charge is 0.0165 e. The van der Waals surface area contributed by atoms with Crippen molar-refractivity contribution in [3.8, 4) is 0 Å². The van der Waals surface area contributed by atoms with Crippen LogP contribution in [0, 0.1) is 0 Å². The van der Waals surface area contributed by atoms with Crippen LogP contribution in [0.1, 0.15) is 43.7 Å². The molecule has 0 bridgehead atoms. The number of nitrogens with zero attached hydrogens (tertiary/aromatic N) is 1. The van der Waals surface area contributed by atoms with Gasteiger partial charge in [-0.3, -0.25) is 4.90 Å². The predicted octanol–water partition coefficient (Wildman–Crippen LogP) is 3.35. The summed E-state index contributed by atoms with van der Waals surface area (Å²) in [5.41, 5.74) is 4.56. The Kier molecular flexibility index (Phi) is 4.77. The van der Waals surface area contributed by atoms with Crippen molar-refractivity contribution in [1.82, 2.24) is 10.2 Å². The molecule has 1 atom stereocenters. The van der Waals surface area contributed by atoms with Gasteiger partial charge < -0.3 is 5.32 Å². The molecule has 0 aromatic heterocycles. The Hall–Kier alpha value is -1.12. The maximum Gasteiger partial charge on any atom is 0.0165 e. The van der Waals surface area contributed by atoms with Crippen LogP contribution in [0.15, 0.2) is 35.9 Å². The van der Waals surface area contributed by atoms with Crippen molar-refractivity contribution in [2.75, 3.05) is 26.2 Å². The summed E-state index contributed by atoms with van der Waals surface area (Å²) < 4.78 is 0. The van der Waals surface area contributed by atoms with Crippen LogP contribution in [0.25, 0.3) is 0 Å². The Morgan fingerprint density at radius 1 is 1.24 bits per heavy atom. The molecule has 0 radical (unpaired) electrons. The third-order valence-electron chi connectivity index (χ3n) is 4.96. The molecule has 1 N–H and O–H groups in total. The van der Waals surface area contributed by atoms with Gasteiger partial charge in [0.25, 0.3) is 0 Å². The first-order valence-corrected chi connectivity index (χ1v) is 8.39. The normalized spacial score (nSPS) is 22.5. The van der Waals surface area contributed by atoms with Crippen LogP contribution in [-0.4, -0.2) is 37.1 Å². The monoisotopic (exact) mass is 284 g/mol. The van der Waals surface area contributed by atoms with Crippen LogP contribution in [0.2, 0.25) is 0 Å². The number of hydrogen-bond acceptors (Lipinski definition) is 2. The fourth-order valence-corrected chi connectivity index (χ4v) is 3.49. The average molecular weight is 284 g/mol. The van der Waals surface area contributed by atoms with E-state index in [0.29, 0.717) is 0 Å². The quantitative estimate of drug-likeness (QED) is 0.834. The number of rotatable bonds is 5. The molecule has 3 rings (SSSR count). The summed E-state index contributed by atoms with van der Waals surface area (Å²) in [5, 5.41) is 3.81. The number of piperidine rings is 1. The van der Waals surface area contributed by atoms with Gasteiger partial charge in [-0.15, -0.1) is 0 Å². The van der Waals surface area contributed by atoms with Crippen LogP contribution in [0.5, 0.6) is 0 Å². The average Bonchev–Trinajstić information content (AvgIpc) is 2.47. The fourth-order valence-electron chi connectivity index (χ4n) is 3.49. The van der Waals surface area contributed by atoms with Gasteiger partial charge in [-0.05, 0) is 57.3 Å². The van der Waals surface area contributed by atoms with Crippen molar-refractivity contribution >= 4 is 0 Å². The first-order chi connectivity index (χ1) is 10.2. The number of allylic oxidation sites excluding steroid dienone is 1. The summed E-state index contributed by atoms with van der Waals surface area (Å²) in [6.45, 7) is 9.14. The molecule has 2 nitrogen and oxygen atoms in total. The highest BCUT2D eigenvalue weighted by atomic mass is 15.1. The van der Waals surface area contributed by atoms with E-state index in [-0.39, 0.29) is 0 Å². The zero-order valence-electron chi connectivity index (χ0n) is 13.4. The molecule has 1 aliphatic carbocycles. The van der Waals surface area contributed by atoms with E-state index in [0.717, 1.165) is 25.0 Å². The first-order valence-electron chi connectivity index (χ1n) is 8.39. The van der Waals surface area contributed by atoms with Crippen molar-refractivity contribution in [2.45, 2.75) is 45.1 Å². The van der Waals surface area contributed by atoms with Crippen LogP contribution < -0.4 is 5.32 Å². The van der Waals surface area contributed by atoms with Crippen LogP contribution in [0.3, 0.4) is 0 Å². The molecule has 2 aliphatic rings. The Morgan fingerprint density at radius 2 is 2.00 bits per heavy atom. The Balaban J connectivity index is 1.38. The SMILES string of the molecule is CC(C)=CCN1CCC(NCC2Cc3ccccc32)CC1. The third kappa shape index (κ3) is 3.75. The van der Waals surface area contributed by atoms with Gasteiger partial charge in [0.1, 0.15) is 0 Å². The number of nitrogens with one attached hydrogen (secondary N) is 1. The summed E-state index contributed by atoms with van der Waals surface area (Å²) in [6, 6.07) is 9.62. The molecule has 1 saturated heterocycles. The minimum absolute atomic E-state index is 0.723. The highest BCUT2D eigenvalue weighted by Gasteiger charge is 2.26. The lowest BCUT2D eigenvalue weighted by atomic mass is 9.77. The van der Waals surface area contributed by atoms with E-state index >= 15 is 0 Å². The van der Waals surface area contributed by atoms with E-state index in [1.807, 2.05) is 0 Å². The number of fused-ring (bicyclic) bond motifs is 1. The highest BCUT2D eigenvalue weighted by Crippen LogP contribution is 2.34. The lowest BCUT2D eigenvalue weighted by Gasteiger charge is -2.35. The largest absolute Gasteiger partial charge is 0.313 e. The fraction of sp³-hybridized carbons (Fsp3) is 0.579. The van der Waals surface area contributed by atoms with Crippen molar-refractivity contribution in [3.05, 3.63) is 47.0 Å². The molecule has 1 aliphatic heterocycles. The van der Waals surface area contributed by atoms with Crippen molar-refractivity contribution in [1.29, 1.82) is 0 Å². The maximum atomic E-state index is 3.81. The minimum atomic E-state index is 0.723. The molecular weight excluding hydrogens is 256 g/mol. The second-order valence-electron chi connectivity index (χ2n) is 6.86. The third-order valence-corrected chi connectivity index (χ3v) is 4.96. The van der Waals surface area contributed by atoms with Crippen LogP contribution >= 0.6 is 0 Å². The van der Waals surface area contributed by atoms with Crippen LogP contribution in [0.4, 0.5) is 0 Å². The van der Waals surface area contributed by atoms with Gasteiger partial charge in [0.2, 0.25) is 0 Å². The van der Waals surface area contributed by atoms with E-state index in [2.05, 4.69) is 54.4 Å². The lowest BCUT2D eigenvalue weighted by molar-refractivity contribution is 0.213. The molecule has 1 heterocycles. The zero-order chi connectivity index (χ0) is 14.7. The van der Waals surface area contributed by atoms with E-state index in [1.165, 1.54) is 37.9 Å². The van der Waals surface area contributed by atoms with Crippen molar-refractivity contribution in [2.24, 2.45) is 0 Å². The molecule has 0 saturated carbocycles. The zero-order valence-corrected chi connectivity index (χ0v) is 13.4. The topological polar surface area (TPSA) is 15.3 Å². The second kappa shape index (κ2) is 6.76. The van der Waals surface area contributed by atoms with Gasteiger partial charge in [0, 0.05) is 25.0 Å². The molecule has 114 valence electrons. The lowest BCUT2D eigenvalue weighted by Crippen LogP contribution is -2.44. The van der Waals surface area contributed by atoms with Gasteiger partial charge >= 0.3 is 0 Å². The van der Waals surface area contributed by atoms with E-state index < -0.39 is 0 Å². The molecule has 1 fully saturated rings. The molecule has 1 unspecified atom stereocenters. The molecule has 2 heteroatoms. The Bertz CT molecular complexity index is 494. The number of hydrogen-bond donors (Lipinski definition) is 1. The maximum absolute atomic E-state index is 3.81. The minimum Gasteiger partial charge on any atom is -0.313 e. The first kappa shape index (κ1) is 14.8. The van der Waals surface area contributed by atoms with E-state index in [4.69, 9.17) is 0 Å². The van der Waals surface area contributed by atoms with Gasteiger partial charge in [0.05, 0.1) is 0 Å². The Labute approximate surface area is 129 Å². The van der Waals surface area contributed by atoms with Crippen LogP contribution in [-0.2, 0) is 6.42 Å². The summed E-state index contributed by atoms with van der Waals surface area (Å²) in [6.07, 6.45) is 6.21. The molecule has 1 aromatic rings. The summed E-state index contributed by atoms with van der Waals surface area (Å²) in [7, 11) is 0. The standard InChI is InChI=1S/C19H28N2/c1-15(2)7-10-21-11-8-18(9-12-21)20-14-17-13-16-5-3-4-6-19(16)17/h3-7,17-18,20H,8-14H2,1-2H3. The van der Waals surface area contributed by atoms with Gasteiger partial charge in [-0.2, -0.15) is 0 Å². The summed E-state index contributed by atoms with van der Waals surface area (Å²) in [5.74, 6) is 0.755. The number of benzene rings is 1. The Morgan fingerprint density at radius 3 is 2.71 bits per heavy atom. The summed E-state index contributed by atoms with van der Waals surface area (Å²) in [4.78, 5) is 2.57. The van der Waals surface area contributed by atoms with E-state index in [9.17, 15) is 0 Å². The molecule has 21 heavy (non-hydrogen) atoms. The van der Waals surface area contributed by atoms with Crippen molar-refractivity contribution < 1.29 is 0 Å². The van der Waals surface area contributed by atoms with Gasteiger partial charge in [-0.1, -0.05) is 35.9 Å². The molecule has 1 aromatic carbocycles. The number of likely N-dealkylation sites (tertiary alicyclic amines) is 1. The molecule has 0 amide bonds. The predicted molar refractivity (Wildman–Crippen MR) is 89.8 cm³/mol. The van der Waals surface area contributed by atoms with Crippen molar-refractivity contribution in [3.63, 3.8) is 0 Å². The molecule has 0 spiro atoms. The van der Waals surface area contributed by atoms with Gasteiger partial charge in [-0.25, -0.2) is 0 Å². The summed E-state index contributed by atoms with van der Waals surface area (Å²) >= 11 is 0. The molecular formula is C19H28N2. The van der Waals surface area contributed by atoms with E-state index in [1.54, 1.807) is 11.1 Å². The highest BCUT2D eigenvalue weighted by molar-refractivity contribution is 5.40.